The van der Waals surface area contributed by atoms with Gasteiger partial charge in [-0.05, 0) is 51.2 Å². The minimum absolute atomic E-state index is 0.0376. The van der Waals surface area contributed by atoms with Crippen molar-refractivity contribution in [3.63, 3.8) is 0 Å². The Morgan fingerprint density at radius 3 is 2.96 bits per heavy atom. The van der Waals surface area contributed by atoms with Gasteiger partial charge < -0.3 is 14.5 Å². The third-order valence-electron chi connectivity index (χ3n) is 3.08. The van der Waals surface area contributed by atoms with Crippen LogP contribution in [0.4, 0.5) is 5.82 Å². The van der Waals surface area contributed by atoms with Gasteiger partial charge in [0.1, 0.15) is 18.1 Å². The summed E-state index contributed by atoms with van der Waals surface area (Å²) in [7, 11) is 0. The number of ketones is 1. The van der Waals surface area contributed by atoms with Gasteiger partial charge in [-0.15, -0.1) is 11.3 Å². The van der Waals surface area contributed by atoms with Crippen LogP contribution in [0.3, 0.4) is 0 Å². The number of furan rings is 1. The number of rotatable bonds is 6. The molecule has 0 amide bonds. The summed E-state index contributed by atoms with van der Waals surface area (Å²) in [6.07, 6.45) is 4.35. The van der Waals surface area contributed by atoms with Crippen LogP contribution in [0.25, 0.3) is 6.08 Å². The van der Waals surface area contributed by atoms with Crippen molar-refractivity contribution in [3.8, 4) is 0 Å². The van der Waals surface area contributed by atoms with E-state index in [2.05, 4.69) is 21.0 Å². The van der Waals surface area contributed by atoms with E-state index in [1.165, 1.54) is 28.3 Å². The molecule has 7 nitrogen and oxygen atoms in total. The van der Waals surface area contributed by atoms with E-state index in [9.17, 15) is 14.9 Å². The number of thiophene rings is 1. The van der Waals surface area contributed by atoms with Gasteiger partial charge in [0.15, 0.2) is 10.8 Å². The average molecular weight is 443 g/mol. The largest absolute Gasteiger partial charge is 0.460 e. The fraction of sp³-hybridized carbons (Fsp3) is 0.0667. The summed E-state index contributed by atoms with van der Waals surface area (Å²) in [6.45, 7) is 0.188. The summed E-state index contributed by atoms with van der Waals surface area (Å²) in [4.78, 5) is 22.7. The molecule has 0 atom stereocenters. The van der Waals surface area contributed by atoms with Gasteiger partial charge in [0, 0.05) is 9.85 Å². The molecule has 0 spiro atoms. The molecule has 10 heteroatoms. The molecule has 0 fully saturated rings. The van der Waals surface area contributed by atoms with Gasteiger partial charge in [0.2, 0.25) is 0 Å². The van der Waals surface area contributed by atoms with Crippen LogP contribution in [0.5, 0.6) is 0 Å². The van der Waals surface area contributed by atoms with E-state index in [1.807, 2.05) is 5.38 Å². The van der Waals surface area contributed by atoms with Crippen molar-refractivity contribution in [2.45, 2.75) is 6.54 Å². The van der Waals surface area contributed by atoms with Gasteiger partial charge in [0.25, 0.3) is 0 Å². The number of hydrogen-bond acceptors (Lipinski definition) is 6. The van der Waals surface area contributed by atoms with Crippen LogP contribution in [-0.2, 0) is 6.54 Å². The Balaban J connectivity index is 1.68. The van der Waals surface area contributed by atoms with Crippen molar-refractivity contribution < 1.29 is 14.1 Å². The lowest BCUT2D eigenvalue weighted by atomic mass is 10.3. The molecule has 0 bridgehead atoms. The van der Waals surface area contributed by atoms with E-state index in [4.69, 9.17) is 16.0 Å². The molecule has 3 heterocycles. The third-order valence-corrected chi connectivity index (χ3v) is 5.05. The number of nitrogens with zero attached hydrogens (tertiary/aromatic N) is 3. The predicted octanol–water partition coefficient (Wildman–Crippen LogP) is 4.81. The van der Waals surface area contributed by atoms with Crippen molar-refractivity contribution in [2.75, 3.05) is 0 Å². The molecule has 0 unspecified atom stereocenters. The van der Waals surface area contributed by atoms with Crippen LogP contribution in [-0.4, -0.2) is 20.5 Å². The Morgan fingerprint density at radius 2 is 2.32 bits per heavy atom. The maximum Gasteiger partial charge on any atom is 0.408 e. The molecule has 0 aromatic carbocycles. The van der Waals surface area contributed by atoms with E-state index in [0.717, 1.165) is 4.47 Å². The van der Waals surface area contributed by atoms with Gasteiger partial charge in [-0.2, -0.15) is 4.68 Å². The van der Waals surface area contributed by atoms with Crippen molar-refractivity contribution >= 4 is 56.5 Å². The molecule has 0 N–H and O–H groups in total. The fourth-order valence-corrected chi connectivity index (χ4v) is 3.57. The Hall–Kier alpha value is -2.23. The molecule has 3 aromatic heterocycles. The highest BCUT2D eigenvalue weighted by Crippen LogP contribution is 2.23. The second-order valence-electron chi connectivity index (χ2n) is 4.89. The minimum Gasteiger partial charge on any atom is -0.460 e. The summed E-state index contributed by atoms with van der Waals surface area (Å²) in [6, 6.07) is 5.15. The van der Waals surface area contributed by atoms with Gasteiger partial charge in [-0.25, -0.2) is 0 Å². The lowest BCUT2D eigenvalue weighted by molar-refractivity contribution is -0.389. The predicted molar refractivity (Wildman–Crippen MR) is 97.1 cm³/mol. The molecule has 3 aromatic rings. The maximum absolute atomic E-state index is 12.0. The monoisotopic (exact) mass is 441 g/mol. The summed E-state index contributed by atoms with van der Waals surface area (Å²) < 4.78 is 7.75. The smallest absolute Gasteiger partial charge is 0.408 e. The number of allylic oxidation sites excluding steroid dienone is 1. The first-order valence-electron chi connectivity index (χ1n) is 6.85. The molecule has 128 valence electrons. The second kappa shape index (κ2) is 7.34. The molecule has 0 aliphatic carbocycles. The Labute approximate surface area is 158 Å². The van der Waals surface area contributed by atoms with Crippen LogP contribution in [0, 0.1) is 10.1 Å². The zero-order valence-corrected chi connectivity index (χ0v) is 15.5. The summed E-state index contributed by atoms with van der Waals surface area (Å²) in [5.74, 6) is 0.496. The Kier molecular flexibility index (Phi) is 5.16. The molecular formula is C15H9BrClN3O4S. The van der Waals surface area contributed by atoms with E-state index >= 15 is 0 Å². The van der Waals surface area contributed by atoms with Crippen molar-refractivity contribution in [1.82, 2.24) is 9.78 Å². The maximum atomic E-state index is 12.0. The summed E-state index contributed by atoms with van der Waals surface area (Å²) >= 11 is 10.4. The molecule has 0 radical (unpaired) electrons. The zero-order valence-electron chi connectivity index (χ0n) is 12.4. The van der Waals surface area contributed by atoms with Crippen molar-refractivity contribution in [2.24, 2.45) is 0 Å². The SMILES string of the molecule is O=C(/C=C/c1ccc(Cn2cc(Cl)c([N+](=O)[O-])n2)o1)c1cc(Br)cs1. The Morgan fingerprint density at radius 1 is 1.52 bits per heavy atom. The van der Waals surface area contributed by atoms with Crippen LogP contribution >= 0.6 is 38.9 Å². The van der Waals surface area contributed by atoms with E-state index in [1.54, 1.807) is 24.3 Å². The van der Waals surface area contributed by atoms with Gasteiger partial charge in [-0.3, -0.25) is 4.79 Å². The standard InChI is InChI=1S/C15H9BrClN3O4S/c16-9-5-14(25-8-9)13(21)4-3-10-1-2-11(24-10)6-19-7-12(17)15(18-19)20(22)23/h1-5,7-8H,6H2/b4-3+. The normalized spacial score (nSPS) is 11.3. The number of carbonyl (C=O) groups is 1. The number of hydrogen-bond donors (Lipinski definition) is 0. The van der Waals surface area contributed by atoms with Crippen molar-refractivity contribution in [3.05, 3.63) is 71.9 Å². The van der Waals surface area contributed by atoms with Crippen LogP contribution < -0.4 is 0 Å². The number of carbonyl (C=O) groups excluding carboxylic acids is 1. The lowest BCUT2D eigenvalue weighted by Crippen LogP contribution is -2.00. The molecule has 0 saturated heterocycles. The minimum atomic E-state index is -0.649. The summed E-state index contributed by atoms with van der Waals surface area (Å²) in [5.41, 5.74) is 0. The summed E-state index contributed by atoms with van der Waals surface area (Å²) in [5, 5.41) is 16.3. The van der Waals surface area contributed by atoms with Crippen LogP contribution in [0.15, 0.2) is 44.7 Å². The van der Waals surface area contributed by atoms with Gasteiger partial charge in [0.05, 0.1) is 16.2 Å². The third kappa shape index (κ3) is 4.25. The fourth-order valence-electron chi connectivity index (χ4n) is 2.00. The average Bonchev–Trinajstić information content (AvgIpc) is 3.26. The van der Waals surface area contributed by atoms with Gasteiger partial charge in [-0.1, -0.05) is 11.6 Å². The quantitative estimate of drug-likeness (QED) is 0.236. The number of aromatic nitrogens is 2. The number of nitro groups is 1. The topological polar surface area (TPSA) is 91.2 Å². The highest BCUT2D eigenvalue weighted by molar-refractivity contribution is 9.10. The van der Waals surface area contributed by atoms with E-state index in [-0.39, 0.29) is 17.4 Å². The molecule has 0 aliphatic heterocycles. The first-order valence-corrected chi connectivity index (χ1v) is 8.90. The Bertz CT molecular complexity index is 975. The molecule has 3 rings (SSSR count). The molecular weight excluding hydrogens is 434 g/mol. The van der Waals surface area contributed by atoms with Crippen LogP contribution in [0.2, 0.25) is 5.02 Å². The van der Waals surface area contributed by atoms with Crippen molar-refractivity contribution in [1.29, 1.82) is 0 Å². The van der Waals surface area contributed by atoms with E-state index in [0.29, 0.717) is 16.4 Å². The first kappa shape index (κ1) is 17.6. The molecule has 0 saturated carbocycles. The highest BCUT2D eigenvalue weighted by atomic mass is 79.9. The van der Waals surface area contributed by atoms with Crippen LogP contribution in [0.1, 0.15) is 21.2 Å². The highest BCUT2D eigenvalue weighted by Gasteiger charge is 2.19. The van der Waals surface area contributed by atoms with Gasteiger partial charge >= 0.3 is 5.82 Å². The van der Waals surface area contributed by atoms with E-state index < -0.39 is 10.7 Å². The lowest BCUT2D eigenvalue weighted by Gasteiger charge is -1.92. The number of halogens is 2. The second-order valence-corrected chi connectivity index (χ2v) is 7.12. The first-order chi connectivity index (χ1) is 11.9. The zero-order chi connectivity index (χ0) is 18.0. The molecule has 0 aliphatic rings. The molecule has 25 heavy (non-hydrogen) atoms.